The highest BCUT2D eigenvalue weighted by Gasteiger charge is 2.33. The summed E-state index contributed by atoms with van der Waals surface area (Å²) in [6, 6.07) is 15.9. The van der Waals surface area contributed by atoms with Crippen molar-refractivity contribution in [1.82, 2.24) is 15.2 Å². The van der Waals surface area contributed by atoms with E-state index in [1.165, 1.54) is 4.90 Å². The number of carboxylic acid groups (broad SMARTS) is 1. The van der Waals surface area contributed by atoms with Crippen LogP contribution in [-0.2, 0) is 14.3 Å². The van der Waals surface area contributed by atoms with Crippen LogP contribution in [-0.4, -0.2) is 70.7 Å². The van der Waals surface area contributed by atoms with Crippen LogP contribution >= 0.6 is 0 Å². The van der Waals surface area contributed by atoms with Crippen molar-refractivity contribution in [3.8, 4) is 11.1 Å². The van der Waals surface area contributed by atoms with Crippen LogP contribution in [0.25, 0.3) is 11.1 Å². The molecule has 1 saturated heterocycles. The molecule has 2 heterocycles. The molecule has 0 spiro atoms. The van der Waals surface area contributed by atoms with E-state index in [0.717, 1.165) is 22.3 Å². The number of hydrogen-bond acceptors (Lipinski definition) is 8. The molecule has 174 valence electrons. The number of amides is 2. The highest BCUT2D eigenvalue weighted by Crippen LogP contribution is 2.44. The predicted octanol–water partition coefficient (Wildman–Crippen LogP) is 2.36. The Morgan fingerprint density at radius 2 is 1.74 bits per heavy atom. The van der Waals surface area contributed by atoms with Gasteiger partial charge in [-0.2, -0.15) is 0 Å². The van der Waals surface area contributed by atoms with Gasteiger partial charge in [0.1, 0.15) is 6.61 Å². The molecule has 1 aromatic heterocycles. The number of nitrogens with zero attached hydrogens (tertiary/aromatic N) is 3. The van der Waals surface area contributed by atoms with Crippen LogP contribution in [0.15, 0.2) is 53.2 Å². The van der Waals surface area contributed by atoms with Gasteiger partial charge in [-0.1, -0.05) is 48.5 Å². The van der Waals surface area contributed by atoms with Crippen LogP contribution in [0.5, 0.6) is 0 Å². The average Bonchev–Trinajstić information content (AvgIpc) is 3.44. The Morgan fingerprint density at radius 1 is 1.06 bits per heavy atom. The molecule has 34 heavy (non-hydrogen) atoms. The lowest BCUT2D eigenvalue weighted by Gasteiger charge is -2.30. The normalized spacial score (nSPS) is 17.1. The summed E-state index contributed by atoms with van der Waals surface area (Å²) in [5, 5.41) is 18.7. The first-order chi connectivity index (χ1) is 16.5. The number of fused-ring (bicyclic) bond motifs is 3. The third kappa shape index (κ3) is 3.97. The number of rotatable bonds is 5. The van der Waals surface area contributed by atoms with E-state index < -0.39 is 24.1 Å². The summed E-state index contributed by atoms with van der Waals surface area (Å²) in [5.41, 5.74) is 4.09. The van der Waals surface area contributed by atoms with Gasteiger partial charge in [-0.25, -0.2) is 14.2 Å². The quantitative estimate of drug-likeness (QED) is 0.581. The minimum Gasteiger partial charge on any atom is -0.479 e. The number of carbonyl (C=O) groups is 3. The van der Waals surface area contributed by atoms with E-state index in [9.17, 15) is 14.4 Å². The van der Waals surface area contributed by atoms with Crippen molar-refractivity contribution in [2.75, 3.05) is 31.6 Å². The van der Waals surface area contributed by atoms with Gasteiger partial charge in [0.2, 0.25) is 11.5 Å². The van der Waals surface area contributed by atoms with Crippen LogP contribution in [0.4, 0.5) is 10.6 Å². The third-order valence-electron chi connectivity index (χ3n) is 5.88. The fourth-order valence-electron chi connectivity index (χ4n) is 4.27. The van der Waals surface area contributed by atoms with Crippen molar-refractivity contribution < 1.29 is 33.6 Å². The Kier molecular flexibility index (Phi) is 5.68. The van der Waals surface area contributed by atoms with Gasteiger partial charge in [0.25, 0.3) is 5.91 Å². The van der Waals surface area contributed by atoms with E-state index in [4.69, 9.17) is 14.6 Å². The summed E-state index contributed by atoms with van der Waals surface area (Å²) < 4.78 is 15.2. The van der Waals surface area contributed by atoms with Crippen molar-refractivity contribution in [3.05, 3.63) is 65.4 Å². The van der Waals surface area contributed by atoms with Crippen molar-refractivity contribution in [2.45, 2.75) is 12.0 Å². The van der Waals surface area contributed by atoms with E-state index in [0.29, 0.717) is 0 Å². The van der Waals surface area contributed by atoms with Crippen molar-refractivity contribution in [2.24, 2.45) is 0 Å². The number of carboxylic acids is 1. The molecule has 11 heteroatoms. The molecule has 2 amide bonds. The maximum absolute atomic E-state index is 12.8. The molecule has 3 aromatic rings. The number of carbonyl (C=O) groups excluding carboxylic acids is 2. The molecular weight excluding hydrogens is 444 g/mol. The van der Waals surface area contributed by atoms with Crippen molar-refractivity contribution in [3.63, 3.8) is 0 Å². The van der Waals surface area contributed by atoms with E-state index >= 15 is 0 Å². The maximum atomic E-state index is 12.8. The van der Waals surface area contributed by atoms with E-state index in [2.05, 4.69) is 20.3 Å². The molecule has 5 rings (SSSR count). The average molecular weight is 464 g/mol. The number of aliphatic carboxylic acids is 1. The van der Waals surface area contributed by atoms with Gasteiger partial charge in [-0.3, -0.25) is 10.1 Å². The van der Waals surface area contributed by atoms with E-state index in [1.807, 2.05) is 48.5 Å². The molecule has 0 saturated carbocycles. The standard InChI is InChI=1S/C23H20N4O7/c28-21(27-9-10-32-18(11-27)22(29)30)19-20(26-34-25-19)24-23(31)33-12-17-15-7-3-1-5-13(15)14-6-2-4-8-16(14)17/h1-8,17-18H,9-12H2,(H,29,30)(H,24,26,31). The van der Waals surface area contributed by atoms with E-state index in [-0.39, 0.29) is 43.7 Å². The number of nitrogens with one attached hydrogen (secondary N) is 1. The highest BCUT2D eigenvalue weighted by molar-refractivity contribution is 5.99. The second kappa shape index (κ2) is 8.94. The first kappa shape index (κ1) is 21.6. The second-order valence-corrected chi connectivity index (χ2v) is 7.86. The summed E-state index contributed by atoms with van der Waals surface area (Å²) in [6.45, 7) is 0.145. The number of ether oxygens (including phenoxy) is 2. The Labute approximate surface area is 193 Å². The molecule has 2 aliphatic rings. The van der Waals surface area contributed by atoms with Gasteiger partial charge in [0.15, 0.2) is 6.10 Å². The number of morpholine rings is 1. The van der Waals surface area contributed by atoms with Crippen molar-refractivity contribution in [1.29, 1.82) is 0 Å². The van der Waals surface area contributed by atoms with E-state index in [1.54, 1.807) is 0 Å². The zero-order chi connectivity index (χ0) is 23.7. The van der Waals surface area contributed by atoms with Gasteiger partial charge in [0, 0.05) is 12.5 Å². The fraction of sp³-hybridized carbons (Fsp3) is 0.261. The number of hydrogen-bond donors (Lipinski definition) is 2. The molecule has 1 atom stereocenters. The fourth-order valence-corrected chi connectivity index (χ4v) is 4.27. The zero-order valence-electron chi connectivity index (χ0n) is 17.8. The van der Waals surface area contributed by atoms with Gasteiger partial charge in [-0.15, -0.1) is 0 Å². The van der Waals surface area contributed by atoms with Gasteiger partial charge < -0.3 is 19.5 Å². The number of anilines is 1. The summed E-state index contributed by atoms with van der Waals surface area (Å²) in [6.07, 6.45) is -1.96. The molecule has 0 bridgehead atoms. The molecule has 1 aliphatic carbocycles. The molecule has 11 nitrogen and oxygen atoms in total. The number of aromatic nitrogens is 2. The van der Waals surface area contributed by atoms with Crippen LogP contribution in [0.1, 0.15) is 27.5 Å². The lowest BCUT2D eigenvalue weighted by Crippen LogP contribution is -2.48. The maximum Gasteiger partial charge on any atom is 0.412 e. The molecule has 1 aliphatic heterocycles. The Bertz CT molecular complexity index is 1210. The largest absolute Gasteiger partial charge is 0.479 e. The molecule has 2 N–H and O–H groups in total. The molecule has 1 unspecified atom stereocenters. The summed E-state index contributed by atoms with van der Waals surface area (Å²) in [4.78, 5) is 37.7. The van der Waals surface area contributed by atoms with Gasteiger partial charge in [-0.05, 0) is 32.6 Å². The molecule has 2 aromatic carbocycles. The molecule has 1 fully saturated rings. The monoisotopic (exact) mass is 464 g/mol. The second-order valence-electron chi connectivity index (χ2n) is 7.86. The Morgan fingerprint density at radius 3 is 2.41 bits per heavy atom. The minimum atomic E-state index is -1.17. The lowest BCUT2D eigenvalue weighted by atomic mass is 9.98. The first-order valence-corrected chi connectivity index (χ1v) is 10.6. The Hall–Kier alpha value is -4.25. The predicted molar refractivity (Wildman–Crippen MR) is 116 cm³/mol. The van der Waals surface area contributed by atoms with Gasteiger partial charge >= 0.3 is 12.1 Å². The number of benzene rings is 2. The summed E-state index contributed by atoms with van der Waals surface area (Å²) in [7, 11) is 0. The highest BCUT2D eigenvalue weighted by atomic mass is 16.6. The van der Waals surface area contributed by atoms with Crippen LogP contribution in [0.3, 0.4) is 0 Å². The lowest BCUT2D eigenvalue weighted by molar-refractivity contribution is -0.154. The van der Waals surface area contributed by atoms with Gasteiger partial charge in [0.05, 0.1) is 13.2 Å². The van der Waals surface area contributed by atoms with Crippen LogP contribution in [0.2, 0.25) is 0 Å². The third-order valence-corrected chi connectivity index (χ3v) is 5.88. The molecule has 0 radical (unpaired) electrons. The zero-order valence-corrected chi connectivity index (χ0v) is 17.8. The molecular formula is C23H20N4O7. The minimum absolute atomic E-state index is 0.0587. The first-order valence-electron chi connectivity index (χ1n) is 10.6. The van der Waals surface area contributed by atoms with Crippen molar-refractivity contribution >= 4 is 23.8 Å². The van der Waals surface area contributed by atoms with Crippen LogP contribution < -0.4 is 5.32 Å². The SMILES string of the molecule is O=C(Nc1nonc1C(=O)N1CCOC(C(=O)O)C1)OCC1c2ccccc2-c2ccccc21. The summed E-state index contributed by atoms with van der Waals surface area (Å²) in [5.74, 6) is -2.14. The summed E-state index contributed by atoms with van der Waals surface area (Å²) >= 11 is 0. The smallest absolute Gasteiger partial charge is 0.412 e. The Balaban J connectivity index is 1.25. The van der Waals surface area contributed by atoms with Crippen LogP contribution in [0, 0.1) is 0 Å². The topological polar surface area (TPSA) is 144 Å².